The van der Waals surface area contributed by atoms with Gasteiger partial charge >= 0.3 is 0 Å². The Hall–Kier alpha value is -2.45. The molecule has 0 saturated carbocycles. The van der Waals surface area contributed by atoms with Gasteiger partial charge in [0.1, 0.15) is 5.75 Å². The van der Waals surface area contributed by atoms with Crippen LogP contribution in [0.3, 0.4) is 0 Å². The van der Waals surface area contributed by atoms with E-state index in [2.05, 4.69) is 4.72 Å². The van der Waals surface area contributed by atoms with Crippen molar-refractivity contribution in [3.63, 3.8) is 0 Å². The number of non-ortho nitro benzene ring substituents is 1. The van der Waals surface area contributed by atoms with E-state index in [4.69, 9.17) is 4.74 Å². The van der Waals surface area contributed by atoms with Gasteiger partial charge in [0.25, 0.3) is 5.69 Å². The highest BCUT2D eigenvalue weighted by molar-refractivity contribution is 7.89. The quantitative estimate of drug-likeness (QED) is 0.611. The lowest BCUT2D eigenvalue weighted by Crippen LogP contribution is -2.28. The van der Waals surface area contributed by atoms with E-state index in [1.54, 1.807) is 31.4 Å². The first-order valence-corrected chi connectivity index (χ1v) is 8.76. The Morgan fingerprint density at radius 2 is 1.71 bits per heavy atom. The molecule has 8 heteroatoms. The van der Waals surface area contributed by atoms with E-state index in [1.807, 2.05) is 6.92 Å². The van der Waals surface area contributed by atoms with Crippen LogP contribution in [0.25, 0.3) is 0 Å². The molecule has 0 aliphatic heterocycles. The van der Waals surface area contributed by atoms with E-state index in [-0.39, 0.29) is 10.6 Å². The minimum Gasteiger partial charge on any atom is -0.497 e. The summed E-state index contributed by atoms with van der Waals surface area (Å²) in [5.41, 5.74) is 0.653. The summed E-state index contributed by atoms with van der Waals surface area (Å²) in [6.07, 6.45) is 0.554. The number of methoxy groups -OCH3 is 1. The van der Waals surface area contributed by atoms with Crippen LogP contribution in [0.4, 0.5) is 5.69 Å². The zero-order valence-corrected chi connectivity index (χ0v) is 14.1. The van der Waals surface area contributed by atoms with E-state index in [9.17, 15) is 18.5 Å². The highest BCUT2D eigenvalue weighted by Crippen LogP contribution is 2.23. The minimum absolute atomic E-state index is 0.0138. The van der Waals surface area contributed by atoms with Crippen molar-refractivity contribution in [3.8, 4) is 5.75 Å². The molecule has 0 amide bonds. The molecule has 0 bridgehead atoms. The number of ether oxygens (including phenoxy) is 1. The molecular formula is C16H18N2O5S. The lowest BCUT2D eigenvalue weighted by Gasteiger charge is -2.18. The second-order valence-corrected chi connectivity index (χ2v) is 6.82. The van der Waals surface area contributed by atoms with Gasteiger partial charge in [-0.2, -0.15) is 0 Å². The van der Waals surface area contributed by atoms with Crippen molar-refractivity contribution in [2.75, 3.05) is 7.11 Å². The van der Waals surface area contributed by atoms with Crippen LogP contribution in [-0.4, -0.2) is 20.5 Å². The van der Waals surface area contributed by atoms with Crippen molar-refractivity contribution < 1.29 is 18.1 Å². The Balaban J connectivity index is 2.22. The van der Waals surface area contributed by atoms with Crippen LogP contribution in [-0.2, 0) is 10.0 Å². The molecule has 0 radical (unpaired) electrons. The molecule has 2 aromatic rings. The summed E-state index contributed by atoms with van der Waals surface area (Å²) in [7, 11) is -2.22. The maximum Gasteiger partial charge on any atom is 0.269 e. The molecule has 7 nitrogen and oxygen atoms in total. The number of nitro benzene ring substituents is 1. The molecule has 0 fully saturated rings. The molecule has 0 spiro atoms. The van der Waals surface area contributed by atoms with Crippen LogP contribution in [0, 0.1) is 10.1 Å². The topological polar surface area (TPSA) is 98.5 Å². The number of hydrogen-bond donors (Lipinski definition) is 1. The zero-order chi connectivity index (χ0) is 17.7. The average Bonchev–Trinajstić information content (AvgIpc) is 2.60. The summed E-state index contributed by atoms with van der Waals surface area (Å²) in [5, 5.41) is 10.7. The maximum absolute atomic E-state index is 12.5. The molecule has 0 unspecified atom stereocenters. The summed E-state index contributed by atoms with van der Waals surface area (Å²) >= 11 is 0. The maximum atomic E-state index is 12.5. The third kappa shape index (κ3) is 4.09. The molecule has 24 heavy (non-hydrogen) atoms. The van der Waals surface area contributed by atoms with Gasteiger partial charge in [0.2, 0.25) is 10.0 Å². The highest BCUT2D eigenvalue weighted by atomic mass is 32.2. The van der Waals surface area contributed by atoms with Crippen molar-refractivity contribution in [3.05, 3.63) is 64.2 Å². The summed E-state index contributed by atoms with van der Waals surface area (Å²) in [5.74, 6) is 0.687. The van der Waals surface area contributed by atoms with Crippen LogP contribution < -0.4 is 9.46 Å². The fourth-order valence-electron chi connectivity index (χ4n) is 2.23. The first-order valence-electron chi connectivity index (χ1n) is 7.28. The van der Waals surface area contributed by atoms with Crippen molar-refractivity contribution in [1.82, 2.24) is 4.72 Å². The Kier molecular flexibility index (Phi) is 5.53. The number of nitrogens with one attached hydrogen (secondary N) is 1. The number of nitro groups is 1. The van der Waals surface area contributed by atoms with Crippen LogP contribution >= 0.6 is 0 Å². The predicted octanol–water partition coefficient (Wildman–Crippen LogP) is 3.03. The molecule has 2 aromatic carbocycles. The molecule has 0 aromatic heterocycles. The Labute approximate surface area is 140 Å². The van der Waals surface area contributed by atoms with Gasteiger partial charge in [-0.15, -0.1) is 0 Å². The second kappa shape index (κ2) is 7.41. The molecule has 128 valence electrons. The standard InChI is InChI=1S/C16H18N2O5S/c1-3-16(12-4-8-14(23-2)9-5-12)17-24(21,22)15-10-6-13(7-11-15)18(19)20/h4-11,16-17H,3H2,1-2H3/t16-/m1/s1. The van der Waals surface area contributed by atoms with Gasteiger partial charge in [0.05, 0.1) is 16.9 Å². The van der Waals surface area contributed by atoms with Gasteiger partial charge in [0, 0.05) is 18.2 Å². The molecule has 1 N–H and O–H groups in total. The van der Waals surface area contributed by atoms with Crippen molar-refractivity contribution in [2.45, 2.75) is 24.3 Å². The minimum atomic E-state index is -3.78. The van der Waals surface area contributed by atoms with Crippen molar-refractivity contribution in [1.29, 1.82) is 0 Å². The fourth-order valence-corrected chi connectivity index (χ4v) is 3.53. The zero-order valence-electron chi connectivity index (χ0n) is 13.3. The molecule has 2 rings (SSSR count). The number of rotatable bonds is 7. The summed E-state index contributed by atoms with van der Waals surface area (Å²) in [6, 6.07) is 11.5. The van der Waals surface area contributed by atoms with E-state index >= 15 is 0 Å². The first kappa shape index (κ1) is 17.9. The number of sulfonamides is 1. The summed E-state index contributed by atoms with van der Waals surface area (Å²) in [6.45, 7) is 1.87. The number of benzene rings is 2. The van der Waals surface area contributed by atoms with Gasteiger partial charge in [-0.25, -0.2) is 13.1 Å². The third-order valence-corrected chi connectivity index (χ3v) is 5.07. The summed E-state index contributed by atoms with van der Waals surface area (Å²) in [4.78, 5) is 10.1. The first-order chi connectivity index (χ1) is 11.4. The van der Waals surface area contributed by atoms with Gasteiger partial charge in [-0.1, -0.05) is 19.1 Å². The molecule has 0 aliphatic rings. The predicted molar refractivity (Wildman–Crippen MR) is 89.4 cm³/mol. The van der Waals surface area contributed by atoms with Gasteiger partial charge in [0.15, 0.2) is 0 Å². The molecule has 1 atom stereocenters. The normalized spacial score (nSPS) is 12.6. The number of hydrogen-bond acceptors (Lipinski definition) is 5. The van der Waals surface area contributed by atoms with Crippen molar-refractivity contribution in [2.24, 2.45) is 0 Å². The molecule has 0 heterocycles. The van der Waals surface area contributed by atoms with Gasteiger partial charge in [-0.3, -0.25) is 10.1 Å². The van der Waals surface area contributed by atoms with Crippen LogP contribution in [0.1, 0.15) is 24.9 Å². The van der Waals surface area contributed by atoms with Crippen LogP contribution in [0.15, 0.2) is 53.4 Å². The number of nitrogens with zero attached hydrogens (tertiary/aromatic N) is 1. The second-order valence-electron chi connectivity index (χ2n) is 5.11. The largest absolute Gasteiger partial charge is 0.497 e. The monoisotopic (exact) mass is 350 g/mol. The molecule has 0 aliphatic carbocycles. The summed E-state index contributed by atoms with van der Waals surface area (Å²) < 4.78 is 32.7. The molecular weight excluding hydrogens is 332 g/mol. The van der Waals surface area contributed by atoms with Crippen LogP contribution in [0.5, 0.6) is 5.75 Å². The SMILES string of the molecule is CC[C@@H](NS(=O)(=O)c1ccc([N+](=O)[O-])cc1)c1ccc(OC)cc1. The highest BCUT2D eigenvalue weighted by Gasteiger charge is 2.21. The average molecular weight is 350 g/mol. The van der Waals surface area contributed by atoms with E-state index in [0.717, 1.165) is 5.56 Å². The van der Waals surface area contributed by atoms with E-state index in [1.165, 1.54) is 24.3 Å². The van der Waals surface area contributed by atoms with Crippen LogP contribution in [0.2, 0.25) is 0 Å². The lowest BCUT2D eigenvalue weighted by atomic mass is 10.1. The van der Waals surface area contributed by atoms with Crippen molar-refractivity contribution >= 4 is 15.7 Å². The lowest BCUT2D eigenvalue weighted by molar-refractivity contribution is -0.384. The van der Waals surface area contributed by atoms with E-state index < -0.39 is 21.0 Å². The smallest absolute Gasteiger partial charge is 0.269 e. The van der Waals surface area contributed by atoms with Gasteiger partial charge in [-0.05, 0) is 36.2 Å². The Morgan fingerprint density at radius 3 is 2.17 bits per heavy atom. The fraction of sp³-hybridized carbons (Fsp3) is 0.250. The van der Waals surface area contributed by atoms with E-state index in [0.29, 0.717) is 12.2 Å². The third-order valence-electron chi connectivity index (χ3n) is 3.58. The van der Waals surface area contributed by atoms with Gasteiger partial charge < -0.3 is 4.74 Å². The Bertz CT molecular complexity index is 801. The molecule has 0 saturated heterocycles. The Morgan fingerprint density at radius 1 is 1.12 bits per heavy atom.